The van der Waals surface area contributed by atoms with Gasteiger partial charge in [0.1, 0.15) is 5.70 Å². The van der Waals surface area contributed by atoms with E-state index in [2.05, 4.69) is 4.79 Å². The van der Waals surface area contributed by atoms with Crippen molar-refractivity contribution in [3.63, 3.8) is 0 Å². The number of nitrogens with zero attached hydrogens (tertiary/aromatic N) is 3. The van der Waals surface area contributed by atoms with Crippen LogP contribution < -0.4 is 0 Å². The first-order valence-corrected chi connectivity index (χ1v) is 6.23. The molecule has 0 radical (unpaired) electrons. The summed E-state index contributed by atoms with van der Waals surface area (Å²) in [6, 6.07) is 0. The van der Waals surface area contributed by atoms with Crippen molar-refractivity contribution in [2.75, 3.05) is 20.0 Å². The molecule has 6 nitrogen and oxygen atoms in total. The molecule has 0 spiro atoms. The second-order valence-electron chi connectivity index (χ2n) is 4.15. The van der Waals surface area contributed by atoms with Crippen molar-refractivity contribution in [1.82, 2.24) is 0 Å². The molecule has 7 heteroatoms. The van der Waals surface area contributed by atoms with Gasteiger partial charge in [0.15, 0.2) is 0 Å². The minimum atomic E-state index is -4.03. The molecule has 88 valence electrons. The van der Waals surface area contributed by atoms with Crippen LogP contribution in [0.15, 0.2) is 23.9 Å². The van der Waals surface area contributed by atoms with E-state index in [0.29, 0.717) is 12.1 Å². The van der Waals surface area contributed by atoms with Crippen LogP contribution in [0.1, 0.15) is 6.42 Å². The van der Waals surface area contributed by atoms with Gasteiger partial charge < -0.3 is 5.53 Å². The molecule has 0 aromatic heterocycles. The van der Waals surface area contributed by atoms with E-state index < -0.39 is 16.0 Å². The Bertz CT molecular complexity index is 496. The molecule has 0 unspecified atom stereocenters. The Morgan fingerprint density at radius 2 is 2.12 bits per heavy atom. The number of allylic oxidation sites excluding steroid dienone is 3. The third kappa shape index (κ3) is 3.39. The van der Waals surface area contributed by atoms with E-state index in [0.717, 1.165) is 5.70 Å². The van der Waals surface area contributed by atoms with Gasteiger partial charge in [0.25, 0.3) is 5.71 Å². The molecule has 0 aliphatic heterocycles. The molecule has 1 N–H and O–H groups in total. The summed E-state index contributed by atoms with van der Waals surface area (Å²) in [5, 5.41) is 0. The zero-order valence-corrected chi connectivity index (χ0v) is 9.98. The van der Waals surface area contributed by atoms with E-state index in [9.17, 15) is 8.42 Å². The van der Waals surface area contributed by atoms with Crippen molar-refractivity contribution in [1.29, 1.82) is 0 Å². The molecule has 1 aliphatic rings. The van der Waals surface area contributed by atoms with Crippen LogP contribution in [0.3, 0.4) is 0 Å². The first-order valence-electron chi connectivity index (χ1n) is 4.62. The Kier molecular flexibility index (Phi) is 3.44. The summed E-state index contributed by atoms with van der Waals surface area (Å²) in [4.78, 5) is 3.05. The lowest BCUT2D eigenvalue weighted by atomic mass is 10.1. The van der Waals surface area contributed by atoms with Gasteiger partial charge in [-0.15, -0.1) is 0 Å². The minimum Gasteiger partial charge on any atom is -0.361 e. The SMILES string of the molecule is C[N+](C)(CS(=O)(=O)O)C1=CCC(=[N+]=[N-])C=C1. The van der Waals surface area contributed by atoms with E-state index in [4.69, 9.17) is 10.1 Å². The van der Waals surface area contributed by atoms with Crippen LogP contribution in [0.5, 0.6) is 0 Å². The van der Waals surface area contributed by atoms with Crippen LogP contribution in [0.4, 0.5) is 0 Å². The van der Waals surface area contributed by atoms with E-state index in [1.165, 1.54) is 0 Å². The van der Waals surface area contributed by atoms with Crippen LogP contribution in [-0.4, -0.2) is 47.9 Å². The quantitative estimate of drug-likeness (QED) is 0.337. The van der Waals surface area contributed by atoms with Gasteiger partial charge in [0, 0.05) is 12.2 Å². The predicted molar refractivity (Wildman–Crippen MR) is 59.0 cm³/mol. The summed E-state index contributed by atoms with van der Waals surface area (Å²) in [5.74, 6) is -0.394. The van der Waals surface area contributed by atoms with Crippen molar-refractivity contribution in [3.05, 3.63) is 29.5 Å². The lowest BCUT2D eigenvalue weighted by molar-refractivity contribution is -0.837. The van der Waals surface area contributed by atoms with E-state index >= 15 is 0 Å². The topological polar surface area (TPSA) is 90.8 Å². The Morgan fingerprint density at radius 1 is 1.50 bits per heavy atom. The van der Waals surface area contributed by atoms with Crippen LogP contribution >= 0.6 is 0 Å². The number of rotatable bonds is 3. The van der Waals surface area contributed by atoms with E-state index in [1.54, 1.807) is 32.3 Å². The smallest absolute Gasteiger partial charge is 0.316 e. The molecule has 16 heavy (non-hydrogen) atoms. The van der Waals surface area contributed by atoms with Crippen molar-refractivity contribution >= 4 is 15.8 Å². The highest BCUT2D eigenvalue weighted by atomic mass is 32.2. The van der Waals surface area contributed by atoms with Gasteiger partial charge >= 0.3 is 10.1 Å². The molecule has 0 aromatic carbocycles. The standard InChI is InChI=1S/C9H13N3O3S/c1-12(2,7-16(13,14)15)9-5-3-8(11-10)4-6-9/h3,5-6H,4,7H2,1-2H3/p+1. The Labute approximate surface area is 94.5 Å². The molecule has 0 fully saturated rings. The predicted octanol–water partition coefficient (Wildman–Crippen LogP) is 0.423. The molecule has 1 rings (SSSR count). The lowest BCUT2D eigenvalue weighted by Gasteiger charge is -2.29. The zero-order valence-electron chi connectivity index (χ0n) is 9.16. The number of hydrogen-bond donors (Lipinski definition) is 1. The lowest BCUT2D eigenvalue weighted by Crippen LogP contribution is -2.42. The maximum Gasteiger partial charge on any atom is 0.316 e. The van der Waals surface area contributed by atoms with E-state index in [1.807, 2.05) is 0 Å². The Morgan fingerprint density at radius 3 is 2.50 bits per heavy atom. The average molecular weight is 244 g/mol. The first kappa shape index (κ1) is 12.8. The van der Waals surface area contributed by atoms with Crippen molar-refractivity contribution in [2.24, 2.45) is 0 Å². The van der Waals surface area contributed by atoms with Gasteiger partial charge in [-0.3, -0.25) is 9.04 Å². The summed E-state index contributed by atoms with van der Waals surface area (Å²) < 4.78 is 30.5. The molecular weight excluding hydrogens is 230 g/mol. The number of likely N-dealkylation sites (N-methyl/N-ethyl adjacent to an activating group) is 1. The van der Waals surface area contributed by atoms with Crippen molar-refractivity contribution in [2.45, 2.75) is 6.42 Å². The molecule has 0 saturated heterocycles. The fourth-order valence-electron chi connectivity index (χ4n) is 1.53. The molecule has 0 amide bonds. The van der Waals surface area contributed by atoms with Gasteiger partial charge in [-0.25, -0.2) is 0 Å². The molecule has 1 aliphatic carbocycles. The van der Waals surface area contributed by atoms with Crippen molar-refractivity contribution < 1.29 is 22.2 Å². The normalized spacial score (nSPS) is 16.9. The monoisotopic (exact) mass is 244 g/mol. The molecule has 0 heterocycles. The highest BCUT2D eigenvalue weighted by molar-refractivity contribution is 7.85. The third-order valence-electron chi connectivity index (χ3n) is 2.28. The molecule has 0 atom stereocenters. The highest BCUT2D eigenvalue weighted by Crippen LogP contribution is 2.18. The summed E-state index contributed by atoms with van der Waals surface area (Å²) in [5.41, 5.74) is 9.78. The van der Waals surface area contributed by atoms with Gasteiger partial charge in [-0.1, -0.05) is 0 Å². The average Bonchev–Trinajstić information content (AvgIpc) is 2.14. The van der Waals surface area contributed by atoms with Crippen LogP contribution in [-0.2, 0) is 10.1 Å². The highest BCUT2D eigenvalue weighted by Gasteiger charge is 2.28. The number of quaternary nitrogens is 1. The van der Waals surface area contributed by atoms with Gasteiger partial charge in [0.2, 0.25) is 5.88 Å². The third-order valence-corrected chi connectivity index (χ3v) is 3.25. The summed E-state index contributed by atoms with van der Waals surface area (Å²) in [6.45, 7) is 0. The summed E-state index contributed by atoms with van der Waals surface area (Å²) in [7, 11) is -0.689. The maximum atomic E-state index is 10.8. The van der Waals surface area contributed by atoms with Crippen LogP contribution in [0.2, 0.25) is 0 Å². The number of hydrogen-bond acceptors (Lipinski definition) is 2. The van der Waals surface area contributed by atoms with Crippen LogP contribution in [0, 0.1) is 0 Å². The maximum absolute atomic E-state index is 10.8. The summed E-state index contributed by atoms with van der Waals surface area (Å²) >= 11 is 0. The largest absolute Gasteiger partial charge is 0.361 e. The fourth-order valence-corrected chi connectivity index (χ4v) is 2.50. The second-order valence-corrected chi connectivity index (χ2v) is 5.58. The minimum absolute atomic E-state index is 0.0219. The Hall–Kier alpha value is -1.27. The summed E-state index contributed by atoms with van der Waals surface area (Å²) in [6.07, 6.45) is 5.48. The molecule has 0 aromatic rings. The second kappa shape index (κ2) is 4.31. The van der Waals surface area contributed by atoms with Gasteiger partial charge in [-0.05, 0) is 6.08 Å². The Balaban J connectivity index is 2.92. The van der Waals surface area contributed by atoms with Crippen molar-refractivity contribution in [3.8, 4) is 0 Å². The van der Waals surface area contributed by atoms with Crippen LogP contribution in [0.25, 0.3) is 5.53 Å². The fraction of sp³-hybridized carbons (Fsp3) is 0.444. The molecule has 0 saturated carbocycles. The first-order chi connectivity index (χ1) is 7.24. The molecular formula is C9H14N3O3S+. The van der Waals surface area contributed by atoms with Gasteiger partial charge in [-0.2, -0.15) is 13.2 Å². The van der Waals surface area contributed by atoms with Gasteiger partial charge in [0.05, 0.1) is 20.5 Å². The van der Waals surface area contributed by atoms with E-state index in [-0.39, 0.29) is 4.48 Å². The molecule has 0 bridgehead atoms. The zero-order chi connectivity index (χ0) is 12.4.